The molecule has 3 unspecified atom stereocenters. The first-order valence-electron chi connectivity index (χ1n) is 14.2. The van der Waals surface area contributed by atoms with Crippen LogP contribution in [0.25, 0.3) is 0 Å². The van der Waals surface area contributed by atoms with Crippen LogP contribution < -0.4 is 19.9 Å². The molecule has 2 aromatic rings. The van der Waals surface area contributed by atoms with Gasteiger partial charge in [-0.05, 0) is 63.4 Å². The molecule has 0 radical (unpaired) electrons. The number of aliphatic carboxylic acids is 1. The highest BCUT2D eigenvalue weighted by Crippen LogP contribution is 2.32. The molecule has 0 heterocycles. The van der Waals surface area contributed by atoms with Gasteiger partial charge in [0.1, 0.15) is 29.6 Å². The third-order valence-electron chi connectivity index (χ3n) is 6.22. The van der Waals surface area contributed by atoms with E-state index in [1.807, 2.05) is 13.8 Å². The van der Waals surface area contributed by atoms with E-state index in [-0.39, 0.29) is 30.1 Å². The molecule has 0 aliphatic carbocycles. The lowest BCUT2D eigenvalue weighted by Crippen LogP contribution is -2.52. The maximum absolute atomic E-state index is 12.5. The van der Waals surface area contributed by atoms with Crippen LogP contribution in [-0.2, 0) is 25.4 Å². The Bertz CT molecular complexity index is 1220. The summed E-state index contributed by atoms with van der Waals surface area (Å²) in [5.74, 6) is -1.44. The van der Waals surface area contributed by atoms with Gasteiger partial charge in [0.15, 0.2) is 11.5 Å². The molecule has 0 spiro atoms. The summed E-state index contributed by atoms with van der Waals surface area (Å²) < 4.78 is 31.4. The van der Waals surface area contributed by atoms with Crippen molar-refractivity contribution in [3.8, 4) is 17.2 Å². The zero-order valence-electron chi connectivity index (χ0n) is 25.2. The molecular weight excluding hydrogens is 562 g/mol. The van der Waals surface area contributed by atoms with E-state index in [0.717, 1.165) is 12.8 Å². The van der Waals surface area contributed by atoms with Gasteiger partial charge < -0.3 is 39.3 Å². The summed E-state index contributed by atoms with van der Waals surface area (Å²) in [7, 11) is 0. The fourth-order valence-corrected chi connectivity index (χ4v) is 4.24. The molecular formula is C31H41NO11. The van der Waals surface area contributed by atoms with E-state index in [1.165, 1.54) is 25.1 Å². The van der Waals surface area contributed by atoms with Gasteiger partial charge in [-0.3, -0.25) is 4.79 Å². The summed E-state index contributed by atoms with van der Waals surface area (Å²) in [5.41, 5.74) is 4.71. The second kappa shape index (κ2) is 17.0. The fraction of sp³-hybridized carbons (Fsp3) is 0.484. The summed E-state index contributed by atoms with van der Waals surface area (Å²) in [6.07, 6.45) is -2.56. The van der Waals surface area contributed by atoms with Crippen LogP contribution in [0.3, 0.4) is 0 Å². The second-order valence-corrected chi connectivity index (χ2v) is 10.4. The number of carbonyl (C=O) groups excluding carboxylic acids is 3. The predicted molar refractivity (Wildman–Crippen MR) is 155 cm³/mol. The van der Waals surface area contributed by atoms with Gasteiger partial charge in [-0.1, -0.05) is 51.0 Å². The molecule has 43 heavy (non-hydrogen) atoms. The Morgan fingerprint density at radius 2 is 1.26 bits per heavy atom. The van der Waals surface area contributed by atoms with E-state index >= 15 is 0 Å². The van der Waals surface area contributed by atoms with Gasteiger partial charge in [0.2, 0.25) is 0 Å². The van der Waals surface area contributed by atoms with Crippen molar-refractivity contribution in [3.05, 3.63) is 54.1 Å². The van der Waals surface area contributed by atoms with Gasteiger partial charge in [0.25, 0.3) is 0 Å². The molecule has 0 bridgehead atoms. The predicted octanol–water partition coefficient (Wildman–Crippen LogP) is 6.41. The van der Waals surface area contributed by atoms with Crippen LogP contribution in [0.5, 0.6) is 17.2 Å². The maximum Gasteiger partial charge on any atom is 0.514 e. The number of rotatable bonds is 15. The topological polar surface area (TPSA) is 170 Å². The summed E-state index contributed by atoms with van der Waals surface area (Å²) in [6.45, 7) is 8.79. The molecule has 0 fully saturated rings. The molecule has 3 N–H and O–H groups in total. The number of para-hydroxylation sites is 1. The molecule has 236 valence electrons. The van der Waals surface area contributed by atoms with Gasteiger partial charge >= 0.3 is 24.4 Å². The second-order valence-electron chi connectivity index (χ2n) is 10.4. The zero-order valence-corrected chi connectivity index (χ0v) is 25.2. The summed E-state index contributed by atoms with van der Waals surface area (Å²) in [6, 6.07) is 12.4. The van der Waals surface area contributed by atoms with Crippen molar-refractivity contribution in [2.24, 2.45) is 5.73 Å². The number of ether oxygens (including phenoxy) is 6. The Morgan fingerprint density at radius 1 is 0.744 bits per heavy atom. The van der Waals surface area contributed by atoms with Crippen LogP contribution in [0, 0.1) is 0 Å². The van der Waals surface area contributed by atoms with E-state index in [0.29, 0.717) is 18.4 Å². The van der Waals surface area contributed by atoms with E-state index < -0.39 is 48.3 Å². The molecule has 0 aromatic heterocycles. The summed E-state index contributed by atoms with van der Waals surface area (Å²) in [5, 5.41) is 9.99. The number of carbonyl (C=O) groups is 4. The number of hydrogen-bond donors (Lipinski definition) is 2. The lowest BCUT2D eigenvalue weighted by Gasteiger charge is -2.28. The highest BCUT2D eigenvalue weighted by atomic mass is 16.8. The normalized spacial score (nSPS) is 14.3. The van der Waals surface area contributed by atoms with Crippen LogP contribution in [0.1, 0.15) is 72.3 Å². The molecule has 0 aliphatic rings. The fourth-order valence-electron chi connectivity index (χ4n) is 4.24. The Labute approximate surface area is 251 Å². The Hall–Kier alpha value is -4.32. The van der Waals surface area contributed by atoms with Gasteiger partial charge in [-0.2, -0.15) is 0 Å². The van der Waals surface area contributed by atoms with Gasteiger partial charge in [0, 0.05) is 12.8 Å². The van der Waals surface area contributed by atoms with Crippen LogP contribution in [0.2, 0.25) is 0 Å². The van der Waals surface area contributed by atoms with Crippen LogP contribution in [0.4, 0.5) is 14.4 Å². The molecule has 0 saturated heterocycles. The van der Waals surface area contributed by atoms with Crippen molar-refractivity contribution in [2.75, 3.05) is 0 Å². The molecule has 0 saturated carbocycles. The largest absolute Gasteiger partial charge is 0.514 e. The first kappa shape index (κ1) is 34.9. The Kier molecular flexibility index (Phi) is 13.8. The lowest BCUT2D eigenvalue weighted by atomic mass is 9.86. The van der Waals surface area contributed by atoms with Crippen molar-refractivity contribution in [2.45, 2.75) is 97.0 Å². The van der Waals surface area contributed by atoms with Crippen molar-refractivity contribution in [1.82, 2.24) is 0 Å². The maximum atomic E-state index is 12.5. The molecule has 12 nitrogen and oxygen atoms in total. The number of carboxylic acid groups (broad SMARTS) is 1. The highest BCUT2D eigenvalue weighted by molar-refractivity contribution is 5.79. The summed E-state index contributed by atoms with van der Waals surface area (Å²) >= 11 is 0. The van der Waals surface area contributed by atoms with Crippen molar-refractivity contribution < 1.29 is 52.7 Å². The standard InChI is InChI=1S/C31H41NO11/c1-6-11-20(3)38-29(36)42-25-16-15-23(17-26(25)43-30(37)39-21(4)12-7-2)19-31(32,27(33)34)18-22(5)40-28(35)41-24-13-9-8-10-14-24/h8-10,13-17,20-22H,6-7,11-12,18-19,32H2,1-5H3,(H,33,34)/t20?,21?,22-,31?/m0/s1. The number of nitrogens with two attached hydrogens (primary N) is 1. The number of hydrogen-bond acceptors (Lipinski definition) is 11. The molecule has 2 rings (SSSR count). The van der Waals surface area contributed by atoms with Gasteiger partial charge in [0.05, 0.1) is 0 Å². The smallest absolute Gasteiger partial charge is 0.480 e. The van der Waals surface area contributed by atoms with Crippen molar-refractivity contribution >= 4 is 24.4 Å². The summed E-state index contributed by atoms with van der Waals surface area (Å²) in [4.78, 5) is 49.3. The molecule has 0 aliphatic heterocycles. The van der Waals surface area contributed by atoms with E-state index in [4.69, 9.17) is 34.2 Å². The molecule has 12 heteroatoms. The minimum Gasteiger partial charge on any atom is -0.480 e. The Morgan fingerprint density at radius 3 is 1.79 bits per heavy atom. The van der Waals surface area contributed by atoms with Crippen LogP contribution in [-0.4, -0.2) is 53.4 Å². The van der Waals surface area contributed by atoms with Crippen LogP contribution in [0.15, 0.2) is 48.5 Å². The van der Waals surface area contributed by atoms with Gasteiger partial charge in [-0.15, -0.1) is 0 Å². The SMILES string of the molecule is CCCC(C)OC(=O)Oc1ccc(CC(N)(C[C@H](C)OC(=O)Oc2ccccc2)C(=O)O)cc1OC(=O)OC(C)CCC. The monoisotopic (exact) mass is 603 g/mol. The highest BCUT2D eigenvalue weighted by Gasteiger charge is 2.37. The Balaban J connectivity index is 2.22. The van der Waals surface area contributed by atoms with Crippen molar-refractivity contribution in [3.63, 3.8) is 0 Å². The average Bonchev–Trinajstić information content (AvgIpc) is 2.90. The van der Waals surface area contributed by atoms with E-state index in [2.05, 4.69) is 0 Å². The molecule has 4 atom stereocenters. The third kappa shape index (κ3) is 12.2. The van der Waals surface area contributed by atoms with Crippen molar-refractivity contribution in [1.29, 1.82) is 0 Å². The lowest BCUT2D eigenvalue weighted by molar-refractivity contribution is -0.144. The number of carboxylic acids is 1. The first-order chi connectivity index (χ1) is 20.3. The van der Waals surface area contributed by atoms with E-state index in [1.54, 1.807) is 44.2 Å². The third-order valence-corrected chi connectivity index (χ3v) is 6.22. The number of benzene rings is 2. The minimum absolute atomic E-state index is 0.143. The minimum atomic E-state index is -1.91. The quantitative estimate of drug-likeness (QED) is 0.130. The average molecular weight is 604 g/mol. The zero-order chi connectivity index (χ0) is 32.0. The first-order valence-corrected chi connectivity index (χ1v) is 14.2. The van der Waals surface area contributed by atoms with Gasteiger partial charge in [-0.25, -0.2) is 14.4 Å². The van der Waals surface area contributed by atoms with E-state index in [9.17, 15) is 24.3 Å². The molecule has 2 aromatic carbocycles. The molecule has 0 amide bonds. The van der Waals surface area contributed by atoms with Crippen LogP contribution >= 0.6 is 0 Å².